The van der Waals surface area contributed by atoms with Gasteiger partial charge in [-0.3, -0.25) is 19.6 Å². The number of benzene rings is 1. The number of hydrogen-bond acceptors (Lipinski definition) is 5. The van der Waals surface area contributed by atoms with Gasteiger partial charge in [0.05, 0.1) is 30.2 Å². The van der Waals surface area contributed by atoms with Gasteiger partial charge in [-0.05, 0) is 54.0 Å². The van der Waals surface area contributed by atoms with Crippen LogP contribution < -0.4 is 5.32 Å². The number of carbonyl (C=O) groups is 2. The fourth-order valence-electron chi connectivity index (χ4n) is 3.95. The largest absolute Gasteiger partial charge is 0.343 e. The summed E-state index contributed by atoms with van der Waals surface area (Å²) in [5, 5.41) is 12.2. The van der Waals surface area contributed by atoms with Crippen molar-refractivity contribution < 1.29 is 18.4 Å². The molecule has 7 nitrogen and oxygen atoms in total. The summed E-state index contributed by atoms with van der Waals surface area (Å²) in [6.07, 6.45) is 6.19. The quantitative estimate of drug-likeness (QED) is 0.625. The number of nitrogens with zero attached hydrogens (tertiary/aromatic N) is 4. The Balaban J connectivity index is 1.53. The highest BCUT2D eigenvalue weighted by molar-refractivity contribution is 6.07. The van der Waals surface area contributed by atoms with Crippen molar-refractivity contribution in [2.24, 2.45) is 0 Å². The number of nitriles is 1. The molecule has 0 radical (unpaired) electrons. The van der Waals surface area contributed by atoms with Crippen molar-refractivity contribution in [1.82, 2.24) is 20.2 Å². The smallest absolute Gasteiger partial charge is 0.268 e. The Morgan fingerprint density at radius 2 is 2.00 bits per heavy atom. The molecule has 1 aromatic carbocycles. The average molecular weight is 461 g/mol. The Hall–Kier alpha value is -4.19. The van der Waals surface area contributed by atoms with Crippen molar-refractivity contribution in [1.29, 1.82) is 5.26 Å². The number of amides is 2. The van der Waals surface area contributed by atoms with Crippen LogP contribution in [0, 0.1) is 11.3 Å². The zero-order valence-electron chi connectivity index (χ0n) is 18.3. The number of allylic oxidation sites excluding steroid dienone is 1. The predicted octanol–water partition coefficient (Wildman–Crippen LogP) is 3.68. The Labute approximate surface area is 194 Å². The van der Waals surface area contributed by atoms with E-state index in [0.717, 1.165) is 21.6 Å². The Morgan fingerprint density at radius 1 is 1.24 bits per heavy atom. The van der Waals surface area contributed by atoms with Gasteiger partial charge in [-0.25, -0.2) is 8.78 Å². The third-order valence-corrected chi connectivity index (χ3v) is 5.67. The highest BCUT2D eigenvalue weighted by Crippen LogP contribution is 2.31. The minimum atomic E-state index is -3.11. The maximum Gasteiger partial charge on any atom is 0.268 e. The van der Waals surface area contributed by atoms with E-state index >= 15 is 0 Å². The minimum Gasteiger partial charge on any atom is -0.343 e. The van der Waals surface area contributed by atoms with E-state index in [0.29, 0.717) is 16.5 Å². The maximum absolute atomic E-state index is 13.6. The molecule has 9 heteroatoms. The summed E-state index contributed by atoms with van der Waals surface area (Å²) in [5.74, 6) is -4.38. The van der Waals surface area contributed by atoms with Gasteiger partial charge < -0.3 is 10.2 Å². The third-order valence-electron chi connectivity index (χ3n) is 5.67. The molecule has 2 amide bonds. The number of halogens is 2. The molecule has 0 saturated carbocycles. The number of carbonyl (C=O) groups excluding carboxylic acids is 2. The predicted molar refractivity (Wildman–Crippen MR) is 123 cm³/mol. The number of fused-ring (bicyclic) bond motifs is 1. The standard InChI is InChI=1S/C25H21F2N5O2/c1-16(18-4-7-29-8-5-18)10-17-2-3-22-21(11-17)20(6-9-30-22)24(34)31-14-23(33)32-15-25(26,27)12-19(32)13-28/h2-11,19H,12,14-15H2,1H3,(H,31,34)/b16-10+. The molecule has 172 valence electrons. The SMILES string of the molecule is C/C(=C\c1ccc2nccc(C(=O)NCC(=O)N3CC(F)(F)CC3C#N)c2c1)c1ccncc1. The fraction of sp³-hybridized carbons (Fsp3) is 0.240. The number of hydrogen-bond donors (Lipinski definition) is 1. The molecule has 1 atom stereocenters. The molecule has 3 aromatic rings. The number of likely N-dealkylation sites (tertiary alicyclic amines) is 1. The van der Waals surface area contributed by atoms with Crippen LogP contribution in [0.25, 0.3) is 22.6 Å². The summed E-state index contributed by atoms with van der Waals surface area (Å²) in [5.41, 5.74) is 3.79. The summed E-state index contributed by atoms with van der Waals surface area (Å²) in [4.78, 5) is 34.4. The zero-order chi connectivity index (χ0) is 24.3. The van der Waals surface area contributed by atoms with Crippen LogP contribution in [0.3, 0.4) is 0 Å². The molecule has 2 aromatic heterocycles. The lowest BCUT2D eigenvalue weighted by atomic mass is 10.0. The number of pyridine rings is 2. The Morgan fingerprint density at radius 3 is 2.74 bits per heavy atom. The summed E-state index contributed by atoms with van der Waals surface area (Å²) >= 11 is 0. The summed E-state index contributed by atoms with van der Waals surface area (Å²) in [6.45, 7) is 0.653. The zero-order valence-corrected chi connectivity index (χ0v) is 18.3. The molecule has 4 rings (SSSR count). The molecule has 1 saturated heterocycles. The lowest BCUT2D eigenvalue weighted by Crippen LogP contribution is -2.43. The molecule has 0 spiro atoms. The van der Waals surface area contributed by atoms with Crippen molar-refractivity contribution >= 4 is 34.4 Å². The topological polar surface area (TPSA) is 99.0 Å². The van der Waals surface area contributed by atoms with Crippen LogP contribution in [0.5, 0.6) is 0 Å². The first kappa shape index (κ1) is 23.0. The van der Waals surface area contributed by atoms with Crippen molar-refractivity contribution in [3.63, 3.8) is 0 Å². The molecule has 3 heterocycles. The highest BCUT2D eigenvalue weighted by atomic mass is 19.3. The lowest BCUT2D eigenvalue weighted by Gasteiger charge is -2.19. The molecule has 1 aliphatic rings. The van der Waals surface area contributed by atoms with E-state index in [4.69, 9.17) is 5.26 Å². The van der Waals surface area contributed by atoms with Gasteiger partial charge in [0.25, 0.3) is 11.8 Å². The second kappa shape index (κ2) is 9.35. The van der Waals surface area contributed by atoms with Crippen molar-refractivity contribution in [3.05, 3.63) is 71.7 Å². The van der Waals surface area contributed by atoms with E-state index in [-0.39, 0.29) is 0 Å². The van der Waals surface area contributed by atoms with Crippen LogP contribution in [-0.4, -0.2) is 51.7 Å². The fourth-order valence-corrected chi connectivity index (χ4v) is 3.95. The number of rotatable bonds is 5. The van der Waals surface area contributed by atoms with Gasteiger partial charge in [0.15, 0.2) is 0 Å². The molecular weight excluding hydrogens is 440 g/mol. The van der Waals surface area contributed by atoms with E-state index in [1.807, 2.05) is 37.3 Å². The molecule has 1 unspecified atom stereocenters. The van der Waals surface area contributed by atoms with Crippen molar-refractivity contribution in [2.75, 3.05) is 13.1 Å². The van der Waals surface area contributed by atoms with E-state index < -0.39 is 43.3 Å². The molecule has 0 aliphatic carbocycles. The number of alkyl halides is 2. The first-order chi connectivity index (χ1) is 16.3. The van der Waals surface area contributed by atoms with Crippen LogP contribution in [0.15, 0.2) is 55.0 Å². The van der Waals surface area contributed by atoms with Gasteiger partial charge in [-0.15, -0.1) is 0 Å². The van der Waals surface area contributed by atoms with Gasteiger partial charge >= 0.3 is 0 Å². The molecular formula is C25H21F2N5O2. The Bertz CT molecular complexity index is 1320. The monoisotopic (exact) mass is 461 g/mol. The molecule has 34 heavy (non-hydrogen) atoms. The molecule has 1 aliphatic heterocycles. The van der Waals surface area contributed by atoms with Gasteiger partial charge in [-0.1, -0.05) is 12.1 Å². The van der Waals surface area contributed by atoms with Gasteiger partial charge in [0, 0.05) is 30.4 Å². The first-order valence-electron chi connectivity index (χ1n) is 10.6. The van der Waals surface area contributed by atoms with Gasteiger partial charge in [0.1, 0.15) is 6.04 Å². The van der Waals surface area contributed by atoms with Crippen LogP contribution in [0.1, 0.15) is 34.8 Å². The third kappa shape index (κ3) is 4.91. The second-order valence-electron chi connectivity index (χ2n) is 8.11. The highest BCUT2D eigenvalue weighted by Gasteiger charge is 2.47. The number of nitrogens with one attached hydrogen (secondary N) is 1. The van der Waals surface area contributed by atoms with E-state index in [1.165, 1.54) is 12.3 Å². The van der Waals surface area contributed by atoms with E-state index in [2.05, 4.69) is 15.3 Å². The average Bonchev–Trinajstić information content (AvgIpc) is 3.17. The van der Waals surface area contributed by atoms with Crippen molar-refractivity contribution in [3.8, 4) is 6.07 Å². The number of aromatic nitrogens is 2. The first-order valence-corrected chi connectivity index (χ1v) is 10.6. The van der Waals surface area contributed by atoms with E-state index in [1.54, 1.807) is 24.5 Å². The lowest BCUT2D eigenvalue weighted by molar-refractivity contribution is -0.131. The molecule has 1 N–H and O–H groups in total. The van der Waals surface area contributed by atoms with Crippen LogP contribution in [0.2, 0.25) is 0 Å². The van der Waals surface area contributed by atoms with E-state index in [9.17, 15) is 18.4 Å². The van der Waals surface area contributed by atoms with Crippen LogP contribution >= 0.6 is 0 Å². The molecule has 0 bridgehead atoms. The molecule has 1 fully saturated rings. The van der Waals surface area contributed by atoms with Gasteiger partial charge in [-0.2, -0.15) is 5.26 Å². The summed E-state index contributed by atoms with van der Waals surface area (Å²) in [6, 6.07) is 11.4. The normalized spacial score (nSPS) is 17.4. The summed E-state index contributed by atoms with van der Waals surface area (Å²) < 4.78 is 27.2. The second-order valence-corrected chi connectivity index (χ2v) is 8.11. The van der Waals surface area contributed by atoms with Crippen molar-refractivity contribution in [2.45, 2.75) is 25.3 Å². The minimum absolute atomic E-state index is 0.304. The summed E-state index contributed by atoms with van der Waals surface area (Å²) in [7, 11) is 0. The maximum atomic E-state index is 13.6. The van der Waals surface area contributed by atoms with Crippen LogP contribution in [0.4, 0.5) is 8.78 Å². The van der Waals surface area contributed by atoms with Crippen LogP contribution in [-0.2, 0) is 4.79 Å². The van der Waals surface area contributed by atoms with Gasteiger partial charge in [0.2, 0.25) is 5.91 Å². The Kier molecular flexibility index (Phi) is 6.32.